The second-order valence-corrected chi connectivity index (χ2v) is 6.13. The fraction of sp³-hybridized carbons (Fsp3) is 0.333. The Bertz CT molecular complexity index is 739. The molecule has 108 valence electrons. The van der Waals surface area contributed by atoms with Crippen molar-refractivity contribution in [2.75, 3.05) is 31.1 Å². The smallest absolute Gasteiger partial charge is 0.245 e. The minimum atomic E-state index is 0.809. The number of aromatic amines is 1. The summed E-state index contributed by atoms with van der Waals surface area (Å²) < 4.78 is 1.28. The summed E-state index contributed by atoms with van der Waals surface area (Å²) in [5.41, 5.74) is 1.14. The minimum Gasteiger partial charge on any atom is -0.338 e. The lowest BCUT2D eigenvalue weighted by Crippen LogP contribution is -2.28. The second kappa shape index (κ2) is 5.46. The Hall–Kier alpha value is -1.92. The largest absolute Gasteiger partial charge is 0.338 e. The van der Waals surface area contributed by atoms with Gasteiger partial charge in [-0.15, -0.1) is 16.4 Å². The Morgan fingerprint density at radius 1 is 1.14 bits per heavy atom. The van der Waals surface area contributed by atoms with Gasteiger partial charge in [0.15, 0.2) is 5.82 Å². The van der Waals surface area contributed by atoms with E-state index in [1.165, 1.54) is 10.1 Å². The Morgan fingerprint density at radius 2 is 2.10 bits per heavy atom. The van der Waals surface area contributed by atoms with Crippen LogP contribution >= 0.6 is 11.3 Å². The van der Waals surface area contributed by atoms with Gasteiger partial charge in [-0.2, -0.15) is 4.98 Å². The van der Waals surface area contributed by atoms with Crippen LogP contribution in [0.2, 0.25) is 0 Å². The molecule has 21 heavy (non-hydrogen) atoms. The molecule has 0 bridgehead atoms. The van der Waals surface area contributed by atoms with Crippen LogP contribution in [0, 0.1) is 0 Å². The standard InChI is InChI=1S/C15H17N5S/c1-2-5-13-11(4-1)12(10-21-13)14-17-15(19-18-14)20-8-3-6-16-7-9-20/h1-2,4-5,10,16H,3,6-9H2,(H,17,18,19). The van der Waals surface area contributed by atoms with E-state index in [0.717, 1.165) is 49.9 Å². The molecule has 0 unspecified atom stereocenters. The summed E-state index contributed by atoms with van der Waals surface area (Å²) >= 11 is 1.75. The molecule has 1 fully saturated rings. The fourth-order valence-electron chi connectivity index (χ4n) is 2.72. The molecule has 0 atom stereocenters. The maximum Gasteiger partial charge on any atom is 0.245 e. The van der Waals surface area contributed by atoms with Gasteiger partial charge in [-0.3, -0.25) is 5.10 Å². The molecule has 0 spiro atoms. The average molecular weight is 299 g/mol. The van der Waals surface area contributed by atoms with E-state index in [0.29, 0.717) is 0 Å². The Kier molecular flexibility index (Phi) is 3.33. The predicted octanol–water partition coefficient (Wildman–Crippen LogP) is 2.49. The molecule has 6 heteroatoms. The predicted molar refractivity (Wildman–Crippen MR) is 86.9 cm³/mol. The number of hydrogen-bond acceptors (Lipinski definition) is 5. The number of hydrogen-bond donors (Lipinski definition) is 2. The fourth-order valence-corrected chi connectivity index (χ4v) is 3.67. The minimum absolute atomic E-state index is 0.809. The van der Waals surface area contributed by atoms with Crippen LogP contribution in [0.1, 0.15) is 6.42 Å². The van der Waals surface area contributed by atoms with Gasteiger partial charge < -0.3 is 10.2 Å². The molecule has 0 amide bonds. The Labute approximate surface area is 127 Å². The Balaban J connectivity index is 1.67. The summed E-state index contributed by atoms with van der Waals surface area (Å²) in [5.74, 6) is 1.67. The lowest BCUT2D eigenvalue weighted by Gasteiger charge is -2.16. The van der Waals surface area contributed by atoms with E-state index in [4.69, 9.17) is 4.98 Å². The first-order valence-electron chi connectivity index (χ1n) is 7.26. The lowest BCUT2D eigenvalue weighted by molar-refractivity contribution is 0.724. The first-order chi connectivity index (χ1) is 10.4. The average Bonchev–Trinajstić information content (AvgIpc) is 3.07. The van der Waals surface area contributed by atoms with Gasteiger partial charge in [0, 0.05) is 40.7 Å². The highest BCUT2D eigenvalue weighted by Crippen LogP contribution is 2.32. The number of benzene rings is 1. The quantitative estimate of drug-likeness (QED) is 0.763. The van der Waals surface area contributed by atoms with Gasteiger partial charge in [0.25, 0.3) is 0 Å². The van der Waals surface area contributed by atoms with Crippen LogP contribution in [-0.2, 0) is 0 Å². The zero-order chi connectivity index (χ0) is 14.1. The first kappa shape index (κ1) is 12.8. The molecule has 2 aromatic heterocycles. The number of nitrogens with zero attached hydrogens (tertiary/aromatic N) is 3. The van der Waals surface area contributed by atoms with Gasteiger partial charge >= 0.3 is 0 Å². The molecule has 1 aliphatic heterocycles. The molecule has 1 saturated heterocycles. The summed E-state index contributed by atoms with van der Waals surface area (Å²) in [6, 6.07) is 8.41. The van der Waals surface area contributed by atoms with Gasteiger partial charge in [-0.25, -0.2) is 0 Å². The van der Waals surface area contributed by atoms with Crippen molar-refractivity contribution in [3.05, 3.63) is 29.6 Å². The molecule has 4 rings (SSSR count). The van der Waals surface area contributed by atoms with Gasteiger partial charge in [-0.05, 0) is 19.0 Å². The van der Waals surface area contributed by atoms with E-state index in [1.807, 2.05) is 0 Å². The van der Waals surface area contributed by atoms with Gasteiger partial charge in [0.2, 0.25) is 5.95 Å². The SMILES string of the molecule is c1ccc2c(-c3nc(N4CCCNCC4)n[nH]3)csc2c1. The number of fused-ring (bicyclic) bond motifs is 1. The highest BCUT2D eigenvalue weighted by molar-refractivity contribution is 7.17. The van der Waals surface area contributed by atoms with Crippen LogP contribution in [0.3, 0.4) is 0 Å². The molecule has 0 saturated carbocycles. The van der Waals surface area contributed by atoms with E-state index in [1.54, 1.807) is 11.3 Å². The molecule has 1 aliphatic rings. The van der Waals surface area contributed by atoms with E-state index in [9.17, 15) is 0 Å². The zero-order valence-electron chi connectivity index (χ0n) is 11.7. The molecule has 3 heterocycles. The maximum atomic E-state index is 4.71. The van der Waals surface area contributed by atoms with Crippen molar-refractivity contribution in [2.45, 2.75) is 6.42 Å². The van der Waals surface area contributed by atoms with Gasteiger partial charge in [-0.1, -0.05) is 18.2 Å². The second-order valence-electron chi connectivity index (χ2n) is 5.22. The van der Waals surface area contributed by atoms with Crippen molar-refractivity contribution in [2.24, 2.45) is 0 Å². The molecular formula is C15H17N5S. The Morgan fingerprint density at radius 3 is 3.10 bits per heavy atom. The third-order valence-electron chi connectivity index (χ3n) is 3.83. The van der Waals surface area contributed by atoms with Crippen LogP contribution in [0.15, 0.2) is 29.6 Å². The molecule has 5 nitrogen and oxygen atoms in total. The third-order valence-corrected chi connectivity index (χ3v) is 4.80. The first-order valence-corrected chi connectivity index (χ1v) is 8.14. The summed E-state index contributed by atoms with van der Waals surface area (Å²) in [6.45, 7) is 4.03. The number of anilines is 1. The summed E-state index contributed by atoms with van der Waals surface area (Å²) in [6.07, 6.45) is 1.13. The van der Waals surface area contributed by atoms with Crippen LogP contribution in [0.5, 0.6) is 0 Å². The van der Waals surface area contributed by atoms with Crippen LogP contribution in [-0.4, -0.2) is 41.4 Å². The van der Waals surface area contributed by atoms with Crippen molar-refractivity contribution in [3.8, 4) is 11.4 Å². The number of nitrogens with one attached hydrogen (secondary N) is 2. The van der Waals surface area contributed by atoms with E-state index in [2.05, 4.69) is 50.1 Å². The molecule has 0 aliphatic carbocycles. The number of H-pyrrole nitrogens is 1. The van der Waals surface area contributed by atoms with Crippen molar-refractivity contribution in [3.63, 3.8) is 0 Å². The topological polar surface area (TPSA) is 56.8 Å². The van der Waals surface area contributed by atoms with Crippen molar-refractivity contribution in [1.29, 1.82) is 0 Å². The molecule has 2 N–H and O–H groups in total. The summed E-state index contributed by atoms with van der Waals surface area (Å²) in [5, 5.41) is 14.3. The van der Waals surface area contributed by atoms with E-state index >= 15 is 0 Å². The monoisotopic (exact) mass is 299 g/mol. The highest BCUT2D eigenvalue weighted by atomic mass is 32.1. The number of rotatable bonds is 2. The van der Waals surface area contributed by atoms with Crippen molar-refractivity contribution in [1.82, 2.24) is 20.5 Å². The van der Waals surface area contributed by atoms with Crippen LogP contribution < -0.4 is 10.2 Å². The van der Waals surface area contributed by atoms with Crippen molar-refractivity contribution >= 4 is 27.4 Å². The van der Waals surface area contributed by atoms with Crippen LogP contribution in [0.4, 0.5) is 5.95 Å². The highest BCUT2D eigenvalue weighted by Gasteiger charge is 2.16. The lowest BCUT2D eigenvalue weighted by atomic mass is 10.2. The molecule has 3 aromatic rings. The summed E-state index contributed by atoms with van der Waals surface area (Å²) in [7, 11) is 0. The van der Waals surface area contributed by atoms with Gasteiger partial charge in [0.05, 0.1) is 0 Å². The summed E-state index contributed by atoms with van der Waals surface area (Å²) in [4.78, 5) is 6.95. The normalized spacial score (nSPS) is 16.3. The maximum absolute atomic E-state index is 4.71. The number of aromatic nitrogens is 3. The zero-order valence-corrected chi connectivity index (χ0v) is 12.5. The van der Waals surface area contributed by atoms with Crippen LogP contribution in [0.25, 0.3) is 21.5 Å². The van der Waals surface area contributed by atoms with E-state index in [-0.39, 0.29) is 0 Å². The van der Waals surface area contributed by atoms with Gasteiger partial charge in [0.1, 0.15) is 0 Å². The number of thiophene rings is 1. The molecular weight excluding hydrogens is 282 g/mol. The molecule has 0 radical (unpaired) electrons. The molecule has 1 aromatic carbocycles. The van der Waals surface area contributed by atoms with Crippen molar-refractivity contribution < 1.29 is 0 Å². The third kappa shape index (κ3) is 2.41. The van der Waals surface area contributed by atoms with E-state index < -0.39 is 0 Å².